The lowest BCUT2D eigenvalue weighted by molar-refractivity contribution is -0.0503. The molecule has 18 nitrogen and oxygen atoms in total. The minimum atomic E-state index is -5.75. The third kappa shape index (κ3) is 6.76. The minimum Gasteiger partial charge on any atom is -0.404 e. The van der Waals surface area contributed by atoms with Gasteiger partial charge >= 0.3 is 23.5 Å². The van der Waals surface area contributed by atoms with Gasteiger partial charge in [-0.15, -0.1) is 0 Å². The van der Waals surface area contributed by atoms with Crippen molar-refractivity contribution in [2.45, 2.75) is 24.5 Å². The number of imidazole rings is 1. The molecular weight excluding hydrogens is 599 g/mol. The predicted molar refractivity (Wildman–Crippen MR) is 125 cm³/mol. The lowest BCUT2D eigenvalue weighted by atomic mass is 10.1. The van der Waals surface area contributed by atoms with E-state index in [4.69, 9.17) is 22.1 Å². The molecule has 7 atom stereocenters. The smallest absolute Gasteiger partial charge is 0.404 e. The van der Waals surface area contributed by atoms with Gasteiger partial charge in [0, 0.05) is 5.02 Å². The first kappa shape index (κ1) is 29.0. The van der Waals surface area contributed by atoms with Gasteiger partial charge in [-0.05, 0) is 24.3 Å². The molecule has 0 amide bonds. The SMILES string of the molecule is Nc1ncnc2c1ncn2[C@@H]1O[C@H](COP(=O)(O)OP(=O)(O)OP(=O)(O)Oc2ccc(Cl)cc2)[C@@H](O)[C@H]1O. The van der Waals surface area contributed by atoms with Gasteiger partial charge in [-0.1, -0.05) is 11.6 Å². The van der Waals surface area contributed by atoms with Gasteiger partial charge in [0.1, 0.15) is 35.9 Å². The summed E-state index contributed by atoms with van der Waals surface area (Å²) in [6.45, 7) is -0.954. The van der Waals surface area contributed by atoms with E-state index < -0.39 is 54.6 Å². The molecule has 0 saturated carbocycles. The van der Waals surface area contributed by atoms with Gasteiger partial charge in [-0.2, -0.15) is 8.62 Å². The van der Waals surface area contributed by atoms with Crippen LogP contribution in [0.5, 0.6) is 5.75 Å². The largest absolute Gasteiger partial charge is 0.536 e. The molecule has 0 spiro atoms. The predicted octanol–water partition coefficient (Wildman–Crippen LogP) is 1.11. The summed E-state index contributed by atoms with van der Waals surface area (Å²) in [6, 6.07) is 4.84. The van der Waals surface area contributed by atoms with Gasteiger partial charge in [-0.3, -0.25) is 14.0 Å². The Kier molecular flexibility index (Phi) is 8.29. The molecule has 1 saturated heterocycles. The number of aliphatic hydroxyl groups is 2. The summed E-state index contributed by atoms with van der Waals surface area (Å²) >= 11 is 5.67. The second kappa shape index (κ2) is 10.9. The van der Waals surface area contributed by atoms with Crippen molar-refractivity contribution in [2.75, 3.05) is 12.3 Å². The van der Waals surface area contributed by atoms with Crippen molar-refractivity contribution in [2.24, 2.45) is 0 Å². The molecule has 0 aliphatic carbocycles. The number of aliphatic hydroxyl groups excluding tert-OH is 2. The Morgan fingerprint density at radius 2 is 1.63 bits per heavy atom. The maximum atomic E-state index is 12.2. The van der Waals surface area contributed by atoms with Crippen molar-refractivity contribution in [3.63, 3.8) is 0 Å². The maximum Gasteiger partial charge on any atom is 0.536 e. The number of hydrogen-bond acceptors (Lipinski definition) is 14. The number of hydrogen-bond donors (Lipinski definition) is 6. The lowest BCUT2D eigenvalue weighted by Gasteiger charge is -2.20. The number of ether oxygens (including phenoxy) is 1. The molecule has 4 rings (SSSR count). The fourth-order valence-corrected chi connectivity index (χ4v) is 6.91. The number of halogens is 1. The lowest BCUT2D eigenvalue weighted by Crippen LogP contribution is -2.33. The van der Waals surface area contributed by atoms with Gasteiger partial charge in [0.15, 0.2) is 17.7 Å². The quantitative estimate of drug-likeness (QED) is 0.174. The molecule has 3 aromatic rings. The average molecular weight is 618 g/mol. The average Bonchev–Trinajstić information content (AvgIpc) is 3.34. The highest BCUT2D eigenvalue weighted by Gasteiger charge is 2.47. The first-order valence-corrected chi connectivity index (χ1v) is 15.0. The number of phosphoric acid groups is 3. The monoisotopic (exact) mass is 617 g/mol. The van der Waals surface area contributed by atoms with Crippen LogP contribution in [0, 0.1) is 0 Å². The Morgan fingerprint density at radius 3 is 2.32 bits per heavy atom. The van der Waals surface area contributed by atoms with Crippen molar-refractivity contribution in [1.82, 2.24) is 19.5 Å². The zero-order valence-electron chi connectivity index (χ0n) is 18.6. The summed E-state index contributed by atoms with van der Waals surface area (Å²) in [5.74, 6) is -0.245. The molecule has 7 N–H and O–H groups in total. The fraction of sp³-hybridized carbons (Fsp3) is 0.312. The zero-order valence-corrected chi connectivity index (χ0v) is 22.0. The molecule has 2 aromatic heterocycles. The molecule has 0 bridgehead atoms. The van der Waals surface area contributed by atoms with Crippen LogP contribution in [0.2, 0.25) is 5.02 Å². The van der Waals surface area contributed by atoms with E-state index in [0.717, 1.165) is 18.5 Å². The summed E-state index contributed by atoms with van der Waals surface area (Å²) in [5, 5.41) is 21.0. The van der Waals surface area contributed by atoms with Crippen LogP contribution in [0.4, 0.5) is 5.82 Å². The Balaban J connectivity index is 1.37. The van der Waals surface area contributed by atoms with Crippen molar-refractivity contribution in [3.05, 3.63) is 41.9 Å². The first-order valence-electron chi connectivity index (χ1n) is 10.1. The molecule has 1 aliphatic heterocycles. The van der Waals surface area contributed by atoms with Gasteiger partial charge in [0.2, 0.25) is 0 Å². The molecule has 3 unspecified atom stereocenters. The van der Waals surface area contributed by atoms with E-state index in [1.165, 1.54) is 23.0 Å². The van der Waals surface area contributed by atoms with Gasteiger partial charge in [0.05, 0.1) is 12.9 Å². The van der Waals surface area contributed by atoms with Gasteiger partial charge in [-0.25, -0.2) is 28.6 Å². The third-order valence-electron chi connectivity index (χ3n) is 4.85. The summed E-state index contributed by atoms with van der Waals surface area (Å²) in [6.07, 6.45) is -3.71. The second-order valence-electron chi connectivity index (χ2n) is 7.54. The van der Waals surface area contributed by atoms with E-state index in [0.29, 0.717) is 0 Å². The van der Waals surface area contributed by atoms with Crippen LogP contribution in [0.25, 0.3) is 11.2 Å². The number of nitrogens with two attached hydrogens (primary N) is 1. The molecule has 22 heteroatoms. The Hall–Kier alpha value is -2.01. The number of benzene rings is 1. The number of nitrogens with zero attached hydrogens (tertiary/aromatic N) is 4. The number of aromatic nitrogens is 4. The molecule has 1 aliphatic rings. The van der Waals surface area contributed by atoms with Crippen LogP contribution in [0.3, 0.4) is 0 Å². The van der Waals surface area contributed by atoms with Crippen molar-refractivity contribution < 1.29 is 61.0 Å². The number of rotatable bonds is 10. The van der Waals surface area contributed by atoms with E-state index in [9.17, 15) is 38.6 Å². The summed E-state index contributed by atoms with van der Waals surface area (Å²) in [4.78, 5) is 41.0. The van der Waals surface area contributed by atoms with Crippen LogP contribution in [-0.4, -0.2) is 69.3 Å². The standard InChI is InChI=1S/C16H19ClN5O13P3/c17-8-1-3-9(4-2-8)33-37(27,28)35-38(29,30)34-36(25,26)31-5-10-12(23)13(24)16(32-10)22-7-21-11-14(18)19-6-20-15(11)22/h1-4,6-7,10,12-13,16,23-24H,5H2,(H,25,26)(H,27,28)(H,29,30)(H2,18,19,20)/t10-,12-,13-,16-/m1/s1. The van der Waals surface area contributed by atoms with Crippen LogP contribution in [0.1, 0.15) is 6.23 Å². The molecule has 3 heterocycles. The highest BCUT2D eigenvalue weighted by molar-refractivity contribution is 7.67. The number of fused-ring (bicyclic) bond motifs is 1. The molecule has 38 heavy (non-hydrogen) atoms. The third-order valence-corrected chi connectivity index (χ3v) is 9.32. The Morgan fingerprint density at radius 1 is 0.974 bits per heavy atom. The molecule has 208 valence electrons. The highest BCUT2D eigenvalue weighted by atomic mass is 35.5. The van der Waals surface area contributed by atoms with E-state index in [1.54, 1.807) is 0 Å². The van der Waals surface area contributed by atoms with Crippen LogP contribution in [0.15, 0.2) is 36.9 Å². The Labute approximate surface area is 217 Å². The van der Waals surface area contributed by atoms with Gasteiger partial charge < -0.3 is 35.0 Å². The fourth-order valence-electron chi connectivity index (χ4n) is 3.27. The van der Waals surface area contributed by atoms with Crippen molar-refractivity contribution in [3.8, 4) is 5.75 Å². The number of anilines is 1. The second-order valence-corrected chi connectivity index (χ2v) is 12.5. The van der Waals surface area contributed by atoms with Crippen LogP contribution < -0.4 is 10.3 Å². The number of phosphoric ester groups is 2. The van der Waals surface area contributed by atoms with Gasteiger partial charge in [0.25, 0.3) is 0 Å². The van der Waals surface area contributed by atoms with E-state index in [2.05, 4.69) is 32.6 Å². The van der Waals surface area contributed by atoms with Crippen molar-refractivity contribution >= 4 is 52.1 Å². The van der Waals surface area contributed by atoms with E-state index >= 15 is 0 Å². The van der Waals surface area contributed by atoms with Crippen LogP contribution in [-0.2, 0) is 31.6 Å². The summed E-state index contributed by atoms with van der Waals surface area (Å²) in [5.41, 5.74) is 6.05. The summed E-state index contributed by atoms with van der Waals surface area (Å²) in [7, 11) is -16.6. The topological polar surface area (TPSA) is 268 Å². The summed E-state index contributed by atoms with van der Waals surface area (Å²) < 4.78 is 60.2. The maximum absolute atomic E-state index is 12.2. The Bertz CT molecular complexity index is 1460. The normalized spacial score (nSPS) is 26.5. The minimum absolute atomic E-state index is 0.0432. The molecule has 1 fully saturated rings. The zero-order chi connectivity index (χ0) is 27.9. The first-order chi connectivity index (χ1) is 17.7. The molecular formula is C16H19ClN5O13P3. The van der Waals surface area contributed by atoms with E-state index in [-0.39, 0.29) is 27.8 Å². The highest BCUT2D eigenvalue weighted by Crippen LogP contribution is 2.67. The van der Waals surface area contributed by atoms with Crippen LogP contribution >= 0.6 is 35.1 Å². The number of nitrogen functional groups attached to an aromatic ring is 1. The van der Waals surface area contributed by atoms with E-state index in [1.807, 2.05) is 0 Å². The molecule has 1 aromatic carbocycles. The van der Waals surface area contributed by atoms with Crippen molar-refractivity contribution in [1.29, 1.82) is 0 Å². The molecule has 0 radical (unpaired) electrons.